The van der Waals surface area contributed by atoms with Crippen molar-refractivity contribution in [2.75, 3.05) is 25.0 Å². The van der Waals surface area contributed by atoms with Gasteiger partial charge in [-0.2, -0.15) is 0 Å². The van der Waals surface area contributed by atoms with Crippen LogP contribution in [0.1, 0.15) is 18.4 Å². The fraction of sp³-hybridized carbons (Fsp3) is 0.583. The average Bonchev–Trinajstić information content (AvgIpc) is 2.67. The van der Waals surface area contributed by atoms with Gasteiger partial charge in [-0.25, -0.2) is 4.98 Å². The number of hydrogen-bond donors (Lipinski definition) is 1. The maximum Gasteiger partial charge on any atom is 0.143 e. The number of rotatable bonds is 3. The molecule has 0 amide bonds. The summed E-state index contributed by atoms with van der Waals surface area (Å²) >= 11 is 3.61. The van der Waals surface area contributed by atoms with Crippen LogP contribution in [0.3, 0.4) is 0 Å². The Kier molecular flexibility index (Phi) is 3.82. The van der Waals surface area contributed by atoms with Gasteiger partial charge >= 0.3 is 0 Å². The molecule has 0 bridgehead atoms. The van der Waals surface area contributed by atoms with Gasteiger partial charge in [-0.05, 0) is 54.4 Å². The first-order valence-corrected chi connectivity index (χ1v) is 6.55. The van der Waals surface area contributed by atoms with E-state index in [1.54, 1.807) is 0 Å². The van der Waals surface area contributed by atoms with Crippen molar-refractivity contribution >= 4 is 21.7 Å². The Labute approximate surface area is 105 Å². The van der Waals surface area contributed by atoms with E-state index in [4.69, 9.17) is 0 Å². The Hall–Kier alpha value is -0.610. The molecule has 3 nitrogen and oxygen atoms in total. The second-order valence-corrected chi connectivity index (χ2v) is 5.22. The van der Waals surface area contributed by atoms with Crippen LogP contribution in [0.4, 0.5) is 5.82 Å². The highest BCUT2D eigenvalue weighted by Gasteiger charge is 2.26. The van der Waals surface area contributed by atoms with E-state index in [1.165, 1.54) is 18.4 Å². The lowest BCUT2D eigenvalue weighted by atomic mass is 10.2. The molecule has 1 aliphatic rings. The van der Waals surface area contributed by atoms with Gasteiger partial charge in [0, 0.05) is 25.3 Å². The van der Waals surface area contributed by atoms with Crippen LogP contribution in [0.15, 0.2) is 16.7 Å². The maximum absolute atomic E-state index is 4.54. The minimum absolute atomic E-state index is 0.580. The van der Waals surface area contributed by atoms with E-state index in [1.807, 2.05) is 13.2 Å². The molecule has 2 rings (SSSR count). The second-order valence-electron chi connectivity index (χ2n) is 4.37. The highest BCUT2D eigenvalue weighted by Crippen LogP contribution is 2.30. The van der Waals surface area contributed by atoms with Gasteiger partial charge in [0.05, 0.1) is 4.47 Å². The topological polar surface area (TPSA) is 28.2 Å². The molecule has 0 saturated carbocycles. The summed E-state index contributed by atoms with van der Waals surface area (Å²) in [7, 11) is 2.01. The molecule has 1 aliphatic heterocycles. The van der Waals surface area contributed by atoms with E-state index in [9.17, 15) is 0 Å². The number of halogens is 1. The van der Waals surface area contributed by atoms with Crippen molar-refractivity contribution in [1.29, 1.82) is 0 Å². The highest BCUT2D eigenvalue weighted by molar-refractivity contribution is 9.10. The number of aromatic nitrogens is 1. The number of likely N-dealkylation sites (N-methyl/N-ethyl adjacent to an activating group) is 1. The van der Waals surface area contributed by atoms with Crippen molar-refractivity contribution in [3.8, 4) is 0 Å². The van der Waals surface area contributed by atoms with Crippen molar-refractivity contribution in [2.45, 2.75) is 25.8 Å². The molecule has 0 aliphatic carbocycles. The molecule has 1 aromatic heterocycles. The van der Waals surface area contributed by atoms with Gasteiger partial charge in [0.25, 0.3) is 0 Å². The first kappa shape index (κ1) is 11.9. The van der Waals surface area contributed by atoms with E-state index in [2.05, 4.69) is 44.1 Å². The van der Waals surface area contributed by atoms with E-state index < -0.39 is 0 Å². The average molecular weight is 284 g/mol. The molecule has 1 aromatic rings. The summed E-state index contributed by atoms with van der Waals surface area (Å²) in [5.74, 6) is 1.09. The predicted octanol–water partition coefficient (Wildman–Crippen LogP) is 2.34. The molecule has 0 radical (unpaired) electrons. The minimum atomic E-state index is 0.580. The van der Waals surface area contributed by atoms with Crippen LogP contribution in [0.2, 0.25) is 0 Å². The number of anilines is 1. The summed E-state index contributed by atoms with van der Waals surface area (Å²) in [5.41, 5.74) is 1.19. The number of aryl methyl sites for hydroxylation is 1. The Balaban J connectivity index is 2.22. The van der Waals surface area contributed by atoms with Crippen LogP contribution in [0.5, 0.6) is 0 Å². The number of hydrogen-bond acceptors (Lipinski definition) is 3. The largest absolute Gasteiger partial charge is 0.351 e. The van der Waals surface area contributed by atoms with Gasteiger partial charge in [-0.15, -0.1) is 0 Å². The summed E-state index contributed by atoms with van der Waals surface area (Å²) in [4.78, 5) is 6.95. The smallest absolute Gasteiger partial charge is 0.143 e. The van der Waals surface area contributed by atoms with Gasteiger partial charge < -0.3 is 10.2 Å². The standard InChI is InChI=1S/C12H18BrN3/c1-9-6-11(13)12(15-7-9)16-5-3-4-10(16)8-14-2/h6-7,10,14H,3-5,8H2,1-2H3. The molecular weight excluding hydrogens is 266 g/mol. The molecule has 2 heterocycles. The van der Waals surface area contributed by atoms with Crippen LogP contribution >= 0.6 is 15.9 Å². The van der Waals surface area contributed by atoms with Crippen molar-refractivity contribution in [3.63, 3.8) is 0 Å². The molecule has 16 heavy (non-hydrogen) atoms. The molecule has 1 N–H and O–H groups in total. The maximum atomic E-state index is 4.54. The fourth-order valence-electron chi connectivity index (χ4n) is 2.30. The van der Waals surface area contributed by atoms with Crippen molar-refractivity contribution in [3.05, 3.63) is 22.3 Å². The molecule has 4 heteroatoms. The van der Waals surface area contributed by atoms with E-state index in [-0.39, 0.29) is 0 Å². The third-order valence-electron chi connectivity index (χ3n) is 3.05. The first-order valence-electron chi connectivity index (χ1n) is 5.75. The zero-order chi connectivity index (χ0) is 11.5. The monoisotopic (exact) mass is 283 g/mol. The summed E-state index contributed by atoms with van der Waals surface area (Å²) in [6.45, 7) is 4.21. The lowest BCUT2D eigenvalue weighted by Crippen LogP contribution is -2.37. The fourth-order valence-corrected chi connectivity index (χ4v) is 2.99. The van der Waals surface area contributed by atoms with Gasteiger partial charge in [-0.3, -0.25) is 0 Å². The molecule has 0 aromatic carbocycles. The zero-order valence-corrected chi connectivity index (χ0v) is 11.4. The minimum Gasteiger partial charge on any atom is -0.351 e. The molecule has 1 saturated heterocycles. The van der Waals surface area contributed by atoms with Gasteiger partial charge in [0.15, 0.2) is 0 Å². The van der Waals surface area contributed by atoms with Crippen LogP contribution in [0, 0.1) is 6.92 Å². The van der Waals surface area contributed by atoms with Crippen molar-refractivity contribution < 1.29 is 0 Å². The Morgan fingerprint density at radius 3 is 3.12 bits per heavy atom. The Morgan fingerprint density at radius 2 is 2.44 bits per heavy atom. The van der Waals surface area contributed by atoms with E-state index >= 15 is 0 Å². The first-order chi connectivity index (χ1) is 7.72. The second kappa shape index (κ2) is 5.15. The number of pyridine rings is 1. The zero-order valence-electron chi connectivity index (χ0n) is 9.83. The van der Waals surface area contributed by atoms with Crippen molar-refractivity contribution in [2.24, 2.45) is 0 Å². The normalized spacial score (nSPS) is 20.4. The van der Waals surface area contributed by atoms with E-state index in [0.717, 1.165) is 23.4 Å². The molecule has 88 valence electrons. The van der Waals surface area contributed by atoms with E-state index in [0.29, 0.717) is 6.04 Å². The number of nitrogens with one attached hydrogen (secondary N) is 1. The Morgan fingerprint density at radius 1 is 1.62 bits per heavy atom. The molecule has 1 atom stereocenters. The summed E-state index contributed by atoms with van der Waals surface area (Å²) in [5, 5.41) is 3.26. The lowest BCUT2D eigenvalue weighted by Gasteiger charge is -2.26. The van der Waals surface area contributed by atoms with Gasteiger partial charge in [0.2, 0.25) is 0 Å². The van der Waals surface area contributed by atoms with Crippen LogP contribution in [0.25, 0.3) is 0 Å². The molecular formula is C12H18BrN3. The summed E-state index contributed by atoms with van der Waals surface area (Å²) < 4.78 is 1.11. The summed E-state index contributed by atoms with van der Waals surface area (Å²) in [6.07, 6.45) is 4.45. The molecule has 1 fully saturated rings. The third-order valence-corrected chi connectivity index (χ3v) is 3.63. The highest BCUT2D eigenvalue weighted by atomic mass is 79.9. The van der Waals surface area contributed by atoms with Gasteiger partial charge in [-0.1, -0.05) is 0 Å². The summed E-state index contributed by atoms with van der Waals surface area (Å²) in [6, 6.07) is 2.72. The lowest BCUT2D eigenvalue weighted by molar-refractivity contribution is 0.611. The SMILES string of the molecule is CNCC1CCCN1c1ncc(C)cc1Br. The van der Waals surface area contributed by atoms with Crippen LogP contribution in [-0.2, 0) is 0 Å². The van der Waals surface area contributed by atoms with Crippen LogP contribution < -0.4 is 10.2 Å². The molecule has 1 unspecified atom stereocenters. The third kappa shape index (κ3) is 2.38. The number of nitrogens with zero attached hydrogens (tertiary/aromatic N) is 2. The van der Waals surface area contributed by atoms with Crippen molar-refractivity contribution in [1.82, 2.24) is 10.3 Å². The van der Waals surface area contributed by atoms with Crippen LogP contribution in [-0.4, -0.2) is 31.2 Å². The Bertz CT molecular complexity index is 367. The quantitative estimate of drug-likeness (QED) is 0.923. The predicted molar refractivity (Wildman–Crippen MR) is 71.0 cm³/mol. The molecule has 0 spiro atoms. The van der Waals surface area contributed by atoms with Gasteiger partial charge in [0.1, 0.15) is 5.82 Å².